The fourth-order valence-electron chi connectivity index (χ4n) is 2.24. The minimum atomic E-state index is 0.191. The van der Waals surface area contributed by atoms with Crippen molar-refractivity contribution >= 4 is 0 Å². The van der Waals surface area contributed by atoms with Crippen LogP contribution in [0.1, 0.15) is 0 Å². The van der Waals surface area contributed by atoms with Crippen LogP contribution in [-0.4, -0.2) is 42.4 Å². The Bertz CT molecular complexity index is 352. The van der Waals surface area contributed by atoms with E-state index in [1.165, 1.54) is 0 Å². The van der Waals surface area contributed by atoms with E-state index in [-0.39, 0.29) is 12.6 Å². The molecule has 2 rings (SSSR count). The third-order valence-corrected chi connectivity index (χ3v) is 3.24. The molecule has 0 aromatic heterocycles. The average molecular weight is 233 g/mol. The molecule has 0 radical (unpaired) electrons. The molecule has 1 saturated heterocycles. The number of benzene rings is 1. The van der Waals surface area contributed by atoms with Gasteiger partial charge in [-0.25, -0.2) is 0 Å². The van der Waals surface area contributed by atoms with Crippen molar-refractivity contribution in [3.8, 4) is 5.75 Å². The summed E-state index contributed by atoms with van der Waals surface area (Å²) in [6.45, 7) is 6.39. The molecule has 0 bridgehead atoms. The van der Waals surface area contributed by atoms with Gasteiger partial charge in [-0.05, 0) is 12.1 Å². The molecule has 1 aliphatic rings. The van der Waals surface area contributed by atoms with Gasteiger partial charge in [-0.3, -0.25) is 4.90 Å². The van der Waals surface area contributed by atoms with Gasteiger partial charge in [0, 0.05) is 25.0 Å². The lowest BCUT2D eigenvalue weighted by Gasteiger charge is -2.46. The Kier molecular flexibility index (Phi) is 4.18. The van der Waals surface area contributed by atoms with E-state index in [4.69, 9.17) is 4.74 Å². The van der Waals surface area contributed by atoms with Gasteiger partial charge in [0.25, 0.3) is 0 Å². The van der Waals surface area contributed by atoms with E-state index >= 15 is 0 Å². The maximum absolute atomic E-state index is 9.32. The molecule has 3 heteroatoms. The summed E-state index contributed by atoms with van der Waals surface area (Å²) in [6, 6.07) is 10.0. The number of ether oxygens (including phenoxy) is 1. The second kappa shape index (κ2) is 5.84. The molecule has 1 fully saturated rings. The van der Waals surface area contributed by atoms with Crippen LogP contribution in [0.3, 0.4) is 0 Å². The van der Waals surface area contributed by atoms with Crippen LogP contribution in [0.15, 0.2) is 43.0 Å². The molecule has 1 heterocycles. The highest BCUT2D eigenvalue weighted by molar-refractivity contribution is 5.21. The minimum Gasteiger partial charge on any atom is -0.493 e. The number of hydrogen-bond acceptors (Lipinski definition) is 3. The molecule has 0 aliphatic carbocycles. The standard InChI is InChI=1S/C14H19NO2/c1-2-8-15-9-12(14(15)10-16)11-17-13-6-4-3-5-7-13/h2-7,12,14,16H,1,8-11H2/t12-,14-/m0/s1. The lowest BCUT2D eigenvalue weighted by Crippen LogP contribution is -2.59. The highest BCUT2D eigenvalue weighted by Crippen LogP contribution is 2.25. The molecule has 2 atom stereocenters. The van der Waals surface area contributed by atoms with Gasteiger partial charge < -0.3 is 9.84 Å². The van der Waals surface area contributed by atoms with Gasteiger partial charge in [-0.1, -0.05) is 24.3 Å². The Hall–Kier alpha value is -1.32. The van der Waals surface area contributed by atoms with Crippen LogP contribution in [0.2, 0.25) is 0 Å². The molecule has 0 amide bonds. The van der Waals surface area contributed by atoms with Crippen molar-refractivity contribution in [2.24, 2.45) is 5.92 Å². The first-order chi connectivity index (χ1) is 8.35. The van der Waals surface area contributed by atoms with Crippen LogP contribution in [0.4, 0.5) is 0 Å². The maximum atomic E-state index is 9.32. The molecule has 1 aromatic carbocycles. The van der Waals surface area contributed by atoms with Crippen LogP contribution in [0, 0.1) is 5.92 Å². The normalized spacial score (nSPS) is 24.1. The zero-order valence-electron chi connectivity index (χ0n) is 9.96. The Morgan fingerprint density at radius 1 is 1.41 bits per heavy atom. The van der Waals surface area contributed by atoms with Crippen LogP contribution < -0.4 is 4.74 Å². The van der Waals surface area contributed by atoms with Gasteiger partial charge in [-0.15, -0.1) is 6.58 Å². The van der Waals surface area contributed by atoms with Crippen molar-refractivity contribution < 1.29 is 9.84 Å². The number of aliphatic hydroxyl groups excluding tert-OH is 1. The van der Waals surface area contributed by atoms with E-state index in [0.29, 0.717) is 12.5 Å². The predicted molar refractivity (Wildman–Crippen MR) is 68.1 cm³/mol. The van der Waals surface area contributed by atoms with Gasteiger partial charge >= 0.3 is 0 Å². The summed E-state index contributed by atoms with van der Waals surface area (Å²) in [7, 11) is 0. The Morgan fingerprint density at radius 2 is 2.18 bits per heavy atom. The molecular weight excluding hydrogens is 214 g/mol. The van der Waals surface area contributed by atoms with Crippen LogP contribution >= 0.6 is 0 Å². The molecule has 17 heavy (non-hydrogen) atoms. The van der Waals surface area contributed by atoms with Crippen molar-refractivity contribution in [3.63, 3.8) is 0 Å². The van der Waals surface area contributed by atoms with E-state index in [1.807, 2.05) is 36.4 Å². The Balaban J connectivity index is 1.79. The maximum Gasteiger partial charge on any atom is 0.119 e. The summed E-state index contributed by atoms with van der Waals surface area (Å²) in [6.07, 6.45) is 1.87. The number of hydrogen-bond donors (Lipinski definition) is 1. The highest BCUT2D eigenvalue weighted by Gasteiger charge is 2.37. The number of rotatable bonds is 6. The summed E-state index contributed by atoms with van der Waals surface area (Å²) in [4.78, 5) is 2.21. The van der Waals surface area contributed by atoms with E-state index in [1.54, 1.807) is 0 Å². The van der Waals surface area contributed by atoms with Crippen molar-refractivity contribution in [3.05, 3.63) is 43.0 Å². The van der Waals surface area contributed by atoms with Gasteiger partial charge in [0.05, 0.1) is 13.2 Å². The molecular formula is C14H19NO2. The average Bonchev–Trinajstić information content (AvgIpc) is 2.34. The largest absolute Gasteiger partial charge is 0.493 e. The topological polar surface area (TPSA) is 32.7 Å². The fraction of sp³-hybridized carbons (Fsp3) is 0.429. The van der Waals surface area contributed by atoms with Crippen molar-refractivity contribution in [2.45, 2.75) is 6.04 Å². The molecule has 3 nitrogen and oxygen atoms in total. The molecule has 0 spiro atoms. The van der Waals surface area contributed by atoms with Crippen LogP contribution in [-0.2, 0) is 0 Å². The van der Waals surface area contributed by atoms with Crippen molar-refractivity contribution in [1.29, 1.82) is 0 Å². The number of likely N-dealkylation sites (tertiary alicyclic amines) is 1. The van der Waals surface area contributed by atoms with Gasteiger partial charge in [0.2, 0.25) is 0 Å². The molecule has 0 unspecified atom stereocenters. The van der Waals surface area contributed by atoms with Crippen molar-refractivity contribution in [2.75, 3.05) is 26.3 Å². The van der Waals surface area contributed by atoms with Gasteiger partial charge in [-0.2, -0.15) is 0 Å². The zero-order chi connectivity index (χ0) is 12.1. The number of nitrogens with zero attached hydrogens (tertiary/aromatic N) is 1. The van der Waals surface area contributed by atoms with Crippen LogP contribution in [0.25, 0.3) is 0 Å². The summed E-state index contributed by atoms with van der Waals surface area (Å²) in [5.74, 6) is 1.31. The lowest BCUT2D eigenvalue weighted by molar-refractivity contribution is -0.0315. The summed E-state index contributed by atoms with van der Waals surface area (Å²) in [5, 5.41) is 9.32. The van der Waals surface area contributed by atoms with E-state index < -0.39 is 0 Å². The second-order valence-electron chi connectivity index (χ2n) is 4.38. The van der Waals surface area contributed by atoms with E-state index in [9.17, 15) is 5.11 Å². The second-order valence-corrected chi connectivity index (χ2v) is 4.38. The summed E-state index contributed by atoms with van der Waals surface area (Å²) < 4.78 is 5.70. The van der Waals surface area contributed by atoms with E-state index in [2.05, 4.69) is 11.5 Å². The lowest BCUT2D eigenvalue weighted by atomic mass is 9.90. The van der Waals surface area contributed by atoms with Gasteiger partial charge in [0.15, 0.2) is 0 Å². The number of para-hydroxylation sites is 1. The molecule has 1 aliphatic heterocycles. The SMILES string of the molecule is C=CCN1C[C@@H](COc2ccccc2)[C@@H]1CO. The molecule has 1 N–H and O–H groups in total. The summed E-state index contributed by atoms with van der Waals surface area (Å²) in [5.41, 5.74) is 0. The molecule has 0 saturated carbocycles. The van der Waals surface area contributed by atoms with E-state index in [0.717, 1.165) is 18.8 Å². The Labute approximate surface area is 102 Å². The first kappa shape index (κ1) is 12.1. The zero-order valence-corrected chi connectivity index (χ0v) is 9.96. The quantitative estimate of drug-likeness (QED) is 0.757. The number of aliphatic hydroxyl groups is 1. The first-order valence-corrected chi connectivity index (χ1v) is 5.98. The minimum absolute atomic E-state index is 0.191. The first-order valence-electron chi connectivity index (χ1n) is 5.98. The van der Waals surface area contributed by atoms with Crippen molar-refractivity contribution in [1.82, 2.24) is 4.90 Å². The summed E-state index contributed by atoms with van der Waals surface area (Å²) >= 11 is 0. The fourth-order valence-corrected chi connectivity index (χ4v) is 2.24. The third kappa shape index (κ3) is 2.87. The predicted octanol–water partition coefficient (Wildman–Crippen LogP) is 1.54. The molecule has 1 aromatic rings. The monoisotopic (exact) mass is 233 g/mol. The van der Waals surface area contributed by atoms with Gasteiger partial charge in [0.1, 0.15) is 5.75 Å². The third-order valence-electron chi connectivity index (χ3n) is 3.24. The smallest absolute Gasteiger partial charge is 0.119 e. The highest BCUT2D eigenvalue weighted by atomic mass is 16.5. The molecule has 92 valence electrons. The van der Waals surface area contributed by atoms with Crippen LogP contribution in [0.5, 0.6) is 5.75 Å². The Morgan fingerprint density at radius 3 is 2.82 bits per heavy atom.